The van der Waals surface area contributed by atoms with Crippen LogP contribution in [0, 0.1) is 5.92 Å². The first-order chi connectivity index (χ1) is 8.37. The Balaban J connectivity index is 2.21. The van der Waals surface area contributed by atoms with Gasteiger partial charge in [-0.25, -0.2) is 0 Å². The van der Waals surface area contributed by atoms with Crippen LogP contribution in [0.25, 0.3) is 0 Å². The van der Waals surface area contributed by atoms with Crippen LogP contribution in [0.15, 0.2) is 23.3 Å². The lowest BCUT2D eigenvalue weighted by Crippen LogP contribution is -2.29. The van der Waals surface area contributed by atoms with Gasteiger partial charge in [0.25, 0.3) is 0 Å². The largest absolute Gasteiger partial charge is 0.366 e. The van der Waals surface area contributed by atoms with Gasteiger partial charge in [-0.1, -0.05) is 0 Å². The lowest BCUT2D eigenvalue weighted by molar-refractivity contribution is -0.117. The summed E-state index contributed by atoms with van der Waals surface area (Å²) in [7, 11) is -4.61. The number of hydrogen-bond acceptors (Lipinski definition) is 4. The van der Waals surface area contributed by atoms with E-state index in [0.717, 1.165) is 0 Å². The Morgan fingerprint density at radius 3 is 2.78 bits per heavy atom. The van der Waals surface area contributed by atoms with E-state index in [4.69, 9.17) is 0 Å². The first-order valence-corrected chi connectivity index (χ1v) is 6.82. The standard InChI is InChI=1S/C10H11FN2O4S/c11-18(16,17)6-7-3-10(15)13(5-7)8-4-12-2-1-9(8)14/h1-2,4,7H,3,5-6H2,(H,12,14). The molecule has 1 atom stereocenters. The Labute approximate surface area is 103 Å². The molecule has 1 aromatic heterocycles. The summed E-state index contributed by atoms with van der Waals surface area (Å²) in [6.07, 6.45) is 2.72. The Morgan fingerprint density at radius 1 is 1.44 bits per heavy atom. The number of hydrogen-bond donors (Lipinski definition) is 1. The van der Waals surface area contributed by atoms with Crippen LogP contribution < -0.4 is 10.3 Å². The Hall–Kier alpha value is -1.70. The molecule has 1 aromatic rings. The van der Waals surface area contributed by atoms with Gasteiger partial charge in [-0.15, -0.1) is 3.89 Å². The van der Waals surface area contributed by atoms with Crippen LogP contribution in [-0.4, -0.2) is 31.6 Å². The molecule has 1 fully saturated rings. The van der Waals surface area contributed by atoms with Gasteiger partial charge in [0.2, 0.25) is 11.3 Å². The molecule has 1 unspecified atom stereocenters. The Bertz CT molecular complexity index is 625. The molecular weight excluding hydrogens is 263 g/mol. The van der Waals surface area contributed by atoms with Crippen LogP contribution in [0.2, 0.25) is 0 Å². The molecule has 2 rings (SSSR count). The van der Waals surface area contributed by atoms with E-state index in [0.29, 0.717) is 0 Å². The van der Waals surface area contributed by atoms with Gasteiger partial charge in [0, 0.05) is 37.3 Å². The topological polar surface area (TPSA) is 87.3 Å². The van der Waals surface area contributed by atoms with Crippen LogP contribution in [0.3, 0.4) is 0 Å². The maximum absolute atomic E-state index is 12.6. The third-order valence-electron chi connectivity index (χ3n) is 2.73. The fourth-order valence-corrected chi connectivity index (χ4v) is 2.81. The fourth-order valence-electron chi connectivity index (χ4n) is 2.03. The van der Waals surface area contributed by atoms with Crippen molar-refractivity contribution < 1.29 is 17.1 Å². The van der Waals surface area contributed by atoms with E-state index in [9.17, 15) is 21.9 Å². The maximum Gasteiger partial charge on any atom is 0.302 e. The summed E-state index contributed by atoms with van der Waals surface area (Å²) in [6, 6.07) is 1.27. The van der Waals surface area contributed by atoms with Crippen molar-refractivity contribution in [3.8, 4) is 0 Å². The highest BCUT2D eigenvalue weighted by Gasteiger charge is 2.34. The van der Waals surface area contributed by atoms with E-state index in [2.05, 4.69) is 4.98 Å². The zero-order valence-electron chi connectivity index (χ0n) is 9.30. The van der Waals surface area contributed by atoms with Gasteiger partial charge in [0.15, 0.2) is 0 Å². The van der Waals surface area contributed by atoms with E-state index in [1.807, 2.05) is 0 Å². The van der Waals surface area contributed by atoms with Crippen LogP contribution in [0.4, 0.5) is 9.57 Å². The second kappa shape index (κ2) is 4.52. The first-order valence-electron chi connectivity index (χ1n) is 5.26. The van der Waals surface area contributed by atoms with Crippen molar-refractivity contribution in [3.05, 3.63) is 28.7 Å². The molecule has 2 heterocycles. The number of H-pyrrole nitrogens is 1. The molecule has 0 spiro atoms. The number of amides is 1. The van der Waals surface area contributed by atoms with Crippen molar-refractivity contribution in [2.24, 2.45) is 5.92 Å². The van der Waals surface area contributed by atoms with Crippen molar-refractivity contribution in [1.82, 2.24) is 4.98 Å². The summed E-state index contributed by atoms with van der Waals surface area (Å²) in [4.78, 5) is 27.1. The number of carbonyl (C=O) groups excluding carboxylic acids is 1. The number of halogens is 1. The number of carbonyl (C=O) groups is 1. The van der Waals surface area contributed by atoms with E-state index in [1.54, 1.807) is 0 Å². The van der Waals surface area contributed by atoms with Gasteiger partial charge in [-0.05, 0) is 0 Å². The highest BCUT2D eigenvalue weighted by molar-refractivity contribution is 7.86. The fraction of sp³-hybridized carbons (Fsp3) is 0.400. The summed E-state index contributed by atoms with van der Waals surface area (Å²) >= 11 is 0. The Kier molecular flexibility index (Phi) is 3.20. The number of aromatic amines is 1. The summed E-state index contributed by atoms with van der Waals surface area (Å²) in [6.45, 7) is 0.0368. The molecule has 6 nitrogen and oxygen atoms in total. The van der Waals surface area contributed by atoms with Crippen molar-refractivity contribution >= 4 is 21.8 Å². The minimum absolute atomic E-state index is 0.0368. The molecule has 1 aliphatic heterocycles. The molecule has 8 heteroatoms. The average molecular weight is 274 g/mol. The molecule has 98 valence electrons. The molecule has 1 amide bonds. The number of nitrogens with zero attached hydrogens (tertiary/aromatic N) is 1. The monoisotopic (exact) mass is 274 g/mol. The number of aromatic nitrogens is 1. The molecule has 0 saturated carbocycles. The second-order valence-electron chi connectivity index (χ2n) is 4.17. The average Bonchev–Trinajstić information content (AvgIpc) is 2.57. The minimum atomic E-state index is -4.61. The van der Waals surface area contributed by atoms with E-state index in [-0.39, 0.29) is 30.0 Å². The summed E-state index contributed by atoms with van der Waals surface area (Å²) in [5.74, 6) is -1.69. The third-order valence-corrected chi connectivity index (χ3v) is 3.60. The molecule has 1 saturated heterocycles. The van der Waals surface area contributed by atoms with Gasteiger partial charge >= 0.3 is 10.2 Å². The molecule has 18 heavy (non-hydrogen) atoms. The van der Waals surface area contributed by atoms with E-state index < -0.39 is 21.9 Å². The van der Waals surface area contributed by atoms with Gasteiger partial charge in [0.1, 0.15) is 5.69 Å². The summed E-state index contributed by atoms with van der Waals surface area (Å²) in [5, 5.41) is 0. The van der Waals surface area contributed by atoms with Gasteiger partial charge in [0.05, 0.1) is 5.75 Å². The number of pyridine rings is 1. The Morgan fingerprint density at radius 2 is 2.17 bits per heavy atom. The van der Waals surface area contributed by atoms with Gasteiger partial charge in [-0.3, -0.25) is 9.59 Å². The van der Waals surface area contributed by atoms with E-state index in [1.165, 1.54) is 23.4 Å². The highest BCUT2D eigenvalue weighted by atomic mass is 32.3. The van der Waals surface area contributed by atoms with Gasteiger partial charge < -0.3 is 9.88 Å². The zero-order valence-corrected chi connectivity index (χ0v) is 10.1. The number of nitrogens with one attached hydrogen (secondary N) is 1. The molecule has 0 radical (unpaired) electrons. The van der Waals surface area contributed by atoms with Crippen molar-refractivity contribution in [3.63, 3.8) is 0 Å². The van der Waals surface area contributed by atoms with Crippen molar-refractivity contribution in [2.45, 2.75) is 6.42 Å². The van der Waals surface area contributed by atoms with Crippen LogP contribution in [0.5, 0.6) is 0 Å². The molecule has 0 aromatic carbocycles. The minimum Gasteiger partial charge on any atom is -0.366 e. The predicted octanol–water partition coefficient (Wildman–Crippen LogP) is 0.0271. The normalized spacial score (nSPS) is 20.4. The summed E-state index contributed by atoms with van der Waals surface area (Å²) < 4.78 is 33.6. The van der Waals surface area contributed by atoms with Crippen molar-refractivity contribution in [1.29, 1.82) is 0 Å². The van der Waals surface area contributed by atoms with Crippen LogP contribution in [-0.2, 0) is 15.0 Å². The molecular formula is C10H11FN2O4S. The third kappa shape index (κ3) is 2.76. The smallest absolute Gasteiger partial charge is 0.302 e. The SMILES string of the molecule is O=C1CC(CS(=O)(=O)F)CN1c1c[nH]ccc1=O. The highest BCUT2D eigenvalue weighted by Crippen LogP contribution is 2.23. The zero-order chi connectivity index (χ0) is 13.3. The lowest BCUT2D eigenvalue weighted by atomic mass is 10.1. The maximum atomic E-state index is 12.6. The molecule has 0 aliphatic carbocycles. The van der Waals surface area contributed by atoms with Gasteiger partial charge in [-0.2, -0.15) is 8.42 Å². The number of rotatable bonds is 3. The second-order valence-corrected chi connectivity index (χ2v) is 5.58. The lowest BCUT2D eigenvalue weighted by Gasteiger charge is -2.14. The van der Waals surface area contributed by atoms with Crippen LogP contribution >= 0.6 is 0 Å². The van der Waals surface area contributed by atoms with Crippen molar-refractivity contribution in [2.75, 3.05) is 17.2 Å². The molecule has 1 N–H and O–H groups in total. The molecule has 1 aliphatic rings. The van der Waals surface area contributed by atoms with Crippen LogP contribution in [0.1, 0.15) is 6.42 Å². The summed E-state index contributed by atoms with van der Waals surface area (Å²) in [5.41, 5.74) is -0.188. The van der Waals surface area contributed by atoms with E-state index >= 15 is 0 Å². The predicted molar refractivity (Wildman–Crippen MR) is 62.4 cm³/mol. The quantitative estimate of drug-likeness (QED) is 0.788. The first kappa shape index (κ1) is 12.7. The number of anilines is 1. The molecule has 0 bridgehead atoms.